The SMILES string of the molecule is CC(C)c1cc(C(=O)Nc2ccccc2)nc(N(C)C)n1. The van der Waals surface area contributed by atoms with Crippen molar-refractivity contribution in [3.8, 4) is 0 Å². The van der Waals surface area contributed by atoms with Crippen molar-refractivity contribution in [2.75, 3.05) is 24.3 Å². The topological polar surface area (TPSA) is 58.1 Å². The number of rotatable bonds is 4. The van der Waals surface area contributed by atoms with Crippen molar-refractivity contribution in [1.29, 1.82) is 0 Å². The Kier molecular flexibility index (Phi) is 4.52. The van der Waals surface area contributed by atoms with E-state index in [1.165, 1.54) is 0 Å². The third kappa shape index (κ3) is 3.78. The summed E-state index contributed by atoms with van der Waals surface area (Å²) in [6.07, 6.45) is 0. The van der Waals surface area contributed by atoms with Crippen LogP contribution in [0.4, 0.5) is 11.6 Å². The number of carbonyl (C=O) groups excluding carboxylic acids is 1. The summed E-state index contributed by atoms with van der Waals surface area (Å²) in [5.41, 5.74) is 1.98. The number of anilines is 2. The van der Waals surface area contributed by atoms with E-state index in [-0.39, 0.29) is 11.8 Å². The number of nitrogens with one attached hydrogen (secondary N) is 1. The van der Waals surface area contributed by atoms with E-state index < -0.39 is 0 Å². The predicted molar refractivity (Wildman–Crippen MR) is 84.8 cm³/mol. The van der Waals surface area contributed by atoms with Gasteiger partial charge in [0.2, 0.25) is 5.95 Å². The molecule has 5 nitrogen and oxygen atoms in total. The molecule has 0 fully saturated rings. The first-order valence-corrected chi connectivity index (χ1v) is 6.90. The molecule has 0 radical (unpaired) electrons. The van der Waals surface area contributed by atoms with Crippen molar-refractivity contribution < 1.29 is 4.79 Å². The Morgan fingerprint density at radius 2 is 1.81 bits per heavy atom. The Morgan fingerprint density at radius 3 is 2.38 bits per heavy atom. The molecule has 1 aromatic carbocycles. The average molecular weight is 284 g/mol. The number of hydrogen-bond donors (Lipinski definition) is 1. The maximum absolute atomic E-state index is 12.3. The molecule has 1 amide bonds. The fourth-order valence-electron chi connectivity index (χ4n) is 1.78. The molecule has 5 heteroatoms. The fraction of sp³-hybridized carbons (Fsp3) is 0.312. The molecular formula is C16H20N4O. The Bertz CT molecular complexity index is 597. The molecule has 0 unspecified atom stereocenters. The normalized spacial score (nSPS) is 10.5. The quantitative estimate of drug-likeness (QED) is 0.938. The summed E-state index contributed by atoms with van der Waals surface area (Å²) in [7, 11) is 3.72. The summed E-state index contributed by atoms with van der Waals surface area (Å²) < 4.78 is 0. The largest absolute Gasteiger partial charge is 0.347 e. The van der Waals surface area contributed by atoms with Crippen molar-refractivity contribution in [3.63, 3.8) is 0 Å². The molecule has 1 heterocycles. The van der Waals surface area contributed by atoms with Gasteiger partial charge in [0.15, 0.2) is 0 Å². The van der Waals surface area contributed by atoms with Gasteiger partial charge >= 0.3 is 0 Å². The van der Waals surface area contributed by atoms with Gasteiger partial charge in [0.25, 0.3) is 5.91 Å². The van der Waals surface area contributed by atoms with Gasteiger partial charge < -0.3 is 10.2 Å². The number of nitrogens with zero attached hydrogens (tertiary/aromatic N) is 3. The van der Waals surface area contributed by atoms with Crippen LogP contribution in [0.15, 0.2) is 36.4 Å². The summed E-state index contributed by atoms with van der Waals surface area (Å²) in [6.45, 7) is 4.08. The average Bonchev–Trinajstić information content (AvgIpc) is 2.47. The second kappa shape index (κ2) is 6.35. The number of hydrogen-bond acceptors (Lipinski definition) is 4. The highest BCUT2D eigenvalue weighted by Gasteiger charge is 2.14. The molecule has 0 atom stereocenters. The minimum absolute atomic E-state index is 0.228. The molecule has 2 aromatic rings. The maximum atomic E-state index is 12.3. The van der Waals surface area contributed by atoms with E-state index in [1.807, 2.05) is 58.3 Å². The summed E-state index contributed by atoms with van der Waals surface area (Å²) in [5, 5.41) is 2.84. The van der Waals surface area contributed by atoms with Crippen LogP contribution in [0.1, 0.15) is 35.9 Å². The molecule has 0 bridgehead atoms. The van der Waals surface area contributed by atoms with Crippen LogP contribution in [0, 0.1) is 0 Å². The molecule has 1 aromatic heterocycles. The van der Waals surface area contributed by atoms with Crippen molar-refractivity contribution in [2.45, 2.75) is 19.8 Å². The Labute approximate surface area is 125 Å². The lowest BCUT2D eigenvalue weighted by Crippen LogP contribution is -2.19. The summed E-state index contributed by atoms with van der Waals surface area (Å²) in [6, 6.07) is 11.1. The Morgan fingerprint density at radius 1 is 1.14 bits per heavy atom. The minimum atomic E-state index is -0.228. The van der Waals surface area contributed by atoms with E-state index in [2.05, 4.69) is 15.3 Å². The van der Waals surface area contributed by atoms with E-state index in [4.69, 9.17) is 0 Å². The van der Waals surface area contributed by atoms with Crippen molar-refractivity contribution in [1.82, 2.24) is 9.97 Å². The molecule has 2 rings (SSSR count). The van der Waals surface area contributed by atoms with Crippen LogP contribution in [0.25, 0.3) is 0 Å². The zero-order chi connectivity index (χ0) is 15.4. The molecule has 0 spiro atoms. The number of amides is 1. The summed E-state index contributed by atoms with van der Waals surface area (Å²) in [4.78, 5) is 22.9. The molecule has 0 aliphatic heterocycles. The first kappa shape index (κ1) is 15.0. The highest BCUT2D eigenvalue weighted by atomic mass is 16.1. The number of benzene rings is 1. The maximum Gasteiger partial charge on any atom is 0.274 e. The smallest absolute Gasteiger partial charge is 0.274 e. The van der Waals surface area contributed by atoms with Crippen LogP contribution < -0.4 is 10.2 Å². The standard InChI is InChI=1S/C16H20N4O/c1-11(2)13-10-14(19-16(18-13)20(3)4)15(21)17-12-8-6-5-7-9-12/h5-11H,1-4H3,(H,17,21). The van der Waals surface area contributed by atoms with E-state index in [0.717, 1.165) is 11.4 Å². The lowest BCUT2D eigenvalue weighted by Gasteiger charge is -2.15. The van der Waals surface area contributed by atoms with Gasteiger partial charge in [-0.05, 0) is 24.1 Å². The van der Waals surface area contributed by atoms with Crippen molar-refractivity contribution in [2.24, 2.45) is 0 Å². The molecule has 0 aliphatic rings. The zero-order valence-corrected chi connectivity index (χ0v) is 12.8. The van der Waals surface area contributed by atoms with Crippen molar-refractivity contribution >= 4 is 17.5 Å². The highest BCUT2D eigenvalue weighted by Crippen LogP contribution is 2.17. The fourth-order valence-corrected chi connectivity index (χ4v) is 1.78. The lowest BCUT2D eigenvalue weighted by molar-refractivity contribution is 0.102. The molecular weight excluding hydrogens is 264 g/mol. The van der Waals surface area contributed by atoms with Gasteiger partial charge in [-0.25, -0.2) is 9.97 Å². The Hall–Kier alpha value is -2.43. The molecule has 21 heavy (non-hydrogen) atoms. The van der Waals surface area contributed by atoms with Crippen LogP contribution in [-0.2, 0) is 0 Å². The van der Waals surface area contributed by atoms with Gasteiger partial charge in [0.1, 0.15) is 5.69 Å². The van der Waals surface area contributed by atoms with E-state index in [0.29, 0.717) is 11.6 Å². The third-order valence-electron chi connectivity index (χ3n) is 2.99. The molecule has 1 N–H and O–H groups in total. The van der Waals surface area contributed by atoms with Crippen LogP contribution >= 0.6 is 0 Å². The predicted octanol–water partition coefficient (Wildman–Crippen LogP) is 2.92. The second-order valence-electron chi connectivity index (χ2n) is 5.35. The van der Waals surface area contributed by atoms with Gasteiger partial charge in [-0.1, -0.05) is 32.0 Å². The molecule has 110 valence electrons. The van der Waals surface area contributed by atoms with Gasteiger partial charge in [-0.3, -0.25) is 4.79 Å². The highest BCUT2D eigenvalue weighted by molar-refractivity contribution is 6.03. The zero-order valence-electron chi connectivity index (χ0n) is 12.8. The van der Waals surface area contributed by atoms with Crippen LogP contribution in [0.2, 0.25) is 0 Å². The molecule has 0 saturated carbocycles. The van der Waals surface area contributed by atoms with Gasteiger partial charge in [-0.2, -0.15) is 0 Å². The van der Waals surface area contributed by atoms with E-state index >= 15 is 0 Å². The van der Waals surface area contributed by atoms with Crippen LogP contribution in [-0.4, -0.2) is 30.0 Å². The van der Waals surface area contributed by atoms with Crippen LogP contribution in [0.3, 0.4) is 0 Å². The Balaban J connectivity index is 2.31. The van der Waals surface area contributed by atoms with E-state index in [1.54, 1.807) is 11.0 Å². The monoisotopic (exact) mass is 284 g/mol. The first-order valence-electron chi connectivity index (χ1n) is 6.90. The van der Waals surface area contributed by atoms with Gasteiger partial charge in [0, 0.05) is 25.5 Å². The lowest BCUT2D eigenvalue weighted by atomic mass is 10.1. The summed E-state index contributed by atoms with van der Waals surface area (Å²) >= 11 is 0. The molecule has 0 aliphatic carbocycles. The minimum Gasteiger partial charge on any atom is -0.347 e. The summed E-state index contributed by atoms with van der Waals surface area (Å²) in [5.74, 6) is 0.544. The van der Waals surface area contributed by atoms with Gasteiger partial charge in [-0.15, -0.1) is 0 Å². The van der Waals surface area contributed by atoms with E-state index in [9.17, 15) is 4.79 Å². The van der Waals surface area contributed by atoms with Crippen LogP contribution in [0.5, 0.6) is 0 Å². The number of aromatic nitrogens is 2. The second-order valence-corrected chi connectivity index (χ2v) is 5.35. The van der Waals surface area contributed by atoms with Gasteiger partial charge in [0.05, 0.1) is 0 Å². The molecule has 0 saturated heterocycles. The number of para-hydroxylation sites is 1. The van der Waals surface area contributed by atoms with Crippen molar-refractivity contribution in [3.05, 3.63) is 47.8 Å². The first-order chi connectivity index (χ1) is 9.97. The third-order valence-corrected chi connectivity index (χ3v) is 2.99. The number of carbonyl (C=O) groups is 1.